The number of aliphatic imine (C=N–C) groups is 1. The van der Waals surface area contributed by atoms with E-state index in [4.69, 9.17) is 10.7 Å². The Hall–Kier alpha value is -3.96. The van der Waals surface area contributed by atoms with Crippen LogP contribution in [0.2, 0.25) is 0 Å². The number of aromatic nitrogens is 4. The Morgan fingerprint density at radius 1 is 1.19 bits per heavy atom. The highest BCUT2D eigenvalue weighted by Crippen LogP contribution is 2.39. The summed E-state index contributed by atoms with van der Waals surface area (Å²) in [6.07, 6.45) is 9.05. The molecule has 3 aromatic heterocycles. The van der Waals surface area contributed by atoms with Crippen molar-refractivity contribution >= 4 is 26.9 Å². The van der Waals surface area contributed by atoms with Gasteiger partial charge in [-0.2, -0.15) is 5.10 Å². The highest BCUT2D eigenvalue weighted by molar-refractivity contribution is 7.90. The van der Waals surface area contributed by atoms with Crippen LogP contribution in [0.5, 0.6) is 0 Å². The predicted molar refractivity (Wildman–Crippen MR) is 141 cm³/mol. The van der Waals surface area contributed by atoms with Gasteiger partial charge in [0.25, 0.3) is 10.0 Å². The molecule has 1 fully saturated rings. The molecule has 0 spiro atoms. The van der Waals surface area contributed by atoms with Gasteiger partial charge in [-0.15, -0.1) is 0 Å². The van der Waals surface area contributed by atoms with Crippen LogP contribution in [0.3, 0.4) is 0 Å². The van der Waals surface area contributed by atoms with Crippen molar-refractivity contribution in [3.05, 3.63) is 89.8 Å². The fraction of sp³-hybridized carbons (Fsp3) is 0.269. The van der Waals surface area contributed by atoms with E-state index in [9.17, 15) is 8.42 Å². The summed E-state index contributed by atoms with van der Waals surface area (Å²) in [6.45, 7) is 3.82. The maximum absolute atomic E-state index is 13.3. The normalized spacial score (nSPS) is 21.6. The molecule has 0 saturated heterocycles. The van der Waals surface area contributed by atoms with E-state index in [0.717, 1.165) is 11.3 Å². The van der Waals surface area contributed by atoms with E-state index < -0.39 is 21.7 Å². The van der Waals surface area contributed by atoms with Crippen molar-refractivity contribution in [1.82, 2.24) is 29.8 Å². The molecule has 10 nitrogen and oxygen atoms in total. The number of fused-ring (bicyclic) bond motifs is 1. The molecule has 4 heterocycles. The van der Waals surface area contributed by atoms with Crippen molar-refractivity contribution < 1.29 is 8.42 Å². The molecule has 0 radical (unpaired) electrons. The predicted octanol–water partition coefficient (Wildman–Crippen LogP) is 3.12. The smallest absolute Gasteiger partial charge is 0.268 e. The van der Waals surface area contributed by atoms with Gasteiger partial charge in [0.15, 0.2) is 11.6 Å². The second-order valence-electron chi connectivity index (χ2n) is 9.67. The summed E-state index contributed by atoms with van der Waals surface area (Å²) >= 11 is 0. The number of hydrogen-bond donors (Lipinski definition) is 4. The van der Waals surface area contributed by atoms with Crippen LogP contribution in [0.25, 0.3) is 10.9 Å². The molecule has 1 aliphatic heterocycles. The molecule has 1 aliphatic carbocycles. The first-order valence-electron chi connectivity index (χ1n) is 12.2. The Bertz CT molecular complexity index is 1650. The summed E-state index contributed by atoms with van der Waals surface area (Å²) in [5.74, 6) is 1.01. The van der Waals surface area contributed by atoms with Crippen LogP contribution in [0, 0.1) is 6.92 Å². The van der Waals surface area contributed by atoms with Crippen molar-refractivity contribution in [2.45, 2.75) is 49.2 Å². The third kappa shape index (κ3) is 4.19. The highest BCUT2D eigenvalue weighted by atomic mass is 32.2. The van der Waals surface area contributed by atoms with E-state index in [1.54, 1.807) is 61.1 Å². The van der Waals surface area contributed by atoms with E-state index in [0.29, 0.717) is 34.2 Å². The maximum atomic E-state index is 13.3. The van der Waals surface area contributed by atoms with E-state index in [1.807, 2.05) is 19.9 Å². The minimum Gasteiger partial charge on any atom is -0.333 e. The van der Waals surface area contributed by atoms with Gasteiger partial charge in [-0.1, -0.05) is 17.7 Å². The van der Waals surface area contributed by atoms with Gasteiger partial charge < -0.3 is 16.4 Å². The first-order chi connectivity index (χ1) is 17.7. The van der Waals surface area contributed by atoms with Crippen molar-refractivity contribution in [2.24, 2.45) is 10.7 Å². The average molecular weight is 517 g/mol. The molecule has 1 saturated carbocycles. The van der Waals surface area contributed by atoms with Gasteiger partial charge in [0.1, 0.15) is 5.69 Å². The van der Waals surface area contributed by atoms with E-state index >= 15 is 0 Å². The van der Waals surface area contributed by atoms with E-state index in [2.05, 4.69) is 25.8 Å². The number of rotatable bonds is 6. The summed E-state index contributed by atoms with van der Waals surface area (Å²) < 4.78 is 28.0. The van der Waals surface area contributed by atoms with Gasteiger partial charge in [0, 0.05) is 35.6 Å². The number of nitrogens with one attached hydrogen (secondary N) is 3. The zero-order valence-electron chi connectivity index (χ0n) is 20.5. The number of H-pyrrole nitrogens is 1. The third-order valence-electron chi connectivity index (χ3n) is 6.84. The van der Waals surface area contributed by atoms with Crippen LogP contribution in [-0.2, 0) is 15.7 Å². The Kier molecular flexibility index (Phi) is 5.42. The summed E-state index contributed by atoms with van der Waals surface area (Å²) in [4.78, 5) is 9.54. The van der Waals surface area contributed by atoms with Gasteiger partial charge >= 0.3 is 0 Å². The average Bonchev–Trinajstić information content (AvgIpc) is 3.42. The quantitative estimate of drug-likeness (QED) is 0.308. The van der Waals surface area contributed by atoms with Crippen molar-refractivity contribution in [1.29, 1.82) is 0 Å². The molecule has 11 heteroatoms. The minimum atomic E-state index is -3.76. The Balaban J connectivity index is 1.30. The summed E-state index contributed by atoms with van der Waals surface area (Å²) in [5, 5.41) is 14.6. The fourth-order valence-electron chi connectivity index (χ4n) is 4.58. The van der Waals surface area contributed by atoms with Crippen molar-refractivity contribution in [2.75, 3.05) is 0 Å². The number of benzene rings is 1. The van der Waals surface area contributed by atoms with Crippen LogP contribution in [0.1, 0.15) is 54.4 Å². The molecule has 37 heavy (non-hydrogen) atoms. The molecule has 1 aromatic carbocycles. The molecule has 5 N–H and O–H groups in total. The molecule has 2 atom stereocenters. The number of aromatic amines is 1. The van der Waals surface area contributed by atoms with Gasteiger partial charge in [0.05, 0.1) is 22.1 Å². The van der Waals surface area contributed by atoms with Crippen LogP contribution in [0.15, 0.2) is 77.0 Å². The SMILES string of the molecule is Cc1ccc(S(=O)(=O)n2ccc3c(C(C)N=C4NC=CC(N)(c5cc(C6CC6)[nH]n5)N4)nccc32)cc1. The Morgan fingerprint density at radius 3 is 2.73 bits per heavy atom. The zero-order chi connectivity index (χ0) is 25.8. The van der Waals surface area contributed by atoms with Crippen LogP contribution in [0.4, 0.5) is 0 Å². The summed E-state index contributed by atoms with van der Waals surface area (Å²) in [7, 11) is -3.76. The van der Waals surface area contributed by atoms with E-state index in [-0.39, 0.29) is 4.90 Å². The van der Waals surface area contributed by atoms with Crippen molar-refractivity contribution in [3.63, 3.8) is 0 Å². The number of pyridine rings is 1. The van der Waals surface area contributed by atoms with Crippen molar-refractivity contribution in [3.8, 4) is 0 Å². The summed E-state index contributed by atoms with van der Waals surface area (Å²) in [5.41, 5.74) is 9.59. The third-order valence-corrected chi connectivity index (χ3v) is 8.54. The lowest BCUT2D eigenvalue weighted by Gasteiger charge is -2.31. The molecule has 190 valence electrons. The fourth-order valence-corrected chi connectivity index (χ4v) is 5.93. The topological polar surface area (TPSA) is 143 Å². The van der Waals surface area contributed by atoms with Crippen LogP contribution < -0.4 is 16.4 Å². The standard InChI is InChI=1S/C26H28N8O2S/c1-16-3-7-19(8-4-16)37(35,36)34-14-10-20-22(34)9-12-28-24(20)17(2)30-25-29-13-11-26(27,31-25)23-15-21(32-33-23)18-5-6-18/h3-4,7-15,17-18H,5-6,27H2,1-2H3,(H,32,33)(H2,29,30,31). The second-order valence-corrected chi connectivity index (χ2v) is 11.5. The molecular weight excluding hydrogens is 488 g/mol. The number of hydrogen-bond acceptors (Lipinski definition) is 6. The number of guanidine groups is 1. The first kappa shape index (κ1) is 23.4. The monoisotopic (exact) mass is 516 g/mol. The summed E-state index contributed by atoms with van der Waals surface area (Å²) in [6, 6.07) is 11.9. The molecule has 0 bridgehead atoms. The second kappa shape index (κ2) is 8.56. The highest BCUT2D eigenvalue weighted by Gasteiger charge is 2.34. The molecule has 6 rings (SSSR count). The lowest BCUT2D eigenvalue weighted by atomic mass is 10.1. The van der Waals surface area contributed by atoms with E-state index in [1.165, 1.54) is 16.8 Å². The van der Waals surface area contributed by atoms with Crippen LogP contribution in [-0.4, -0.2) is 33.5 Å². The van der Waals surface area contributed by atoms with Gasteiger partial charge in [-0.3, -0.25) is 10.1 Å². The number of aryl methyl sites for hydroxylation is 1. The lowest BCUT2D eigenvalue weighted by molar-refractivity contribution is 0.482. The molecule has 2 aliphatic rings. The Morgan fingerprint density at radius 2 is 1.97 bits per heavy atom. The number of nitrogens with zero attached hydrogens (tertiary/aromatic N) is 4. The Labute approximate surface area is 214 Å². The minimum absolute atomic E-state index is 0.229. The van der Waals surface area contributed by atoms with Gasteiger partial charge in [0.2, 0.25) is 0 Å². The number of nitrogens with two attached hydrogens (primary N) is 1. The molecule has 2 unspecified atom stereocenters. The molecular formula is C26H28N8O2S. The van der Waals surface area contributed by atoms with Gasteiger partial charge in [-0.25, -0.2) is 17.4 Å². The largest absolute Gasteiger partial charge is 0.333 e. The van der Waals surface area contributed by atoms with Gasteiger partial charge in [-0.05, 0) is 63.1 Å². The maximum Gasteiger partial charge on any atom is 0.268 e. The molecule has 4 aromatic rings. The first-order valence-corrected chi connectivity index (χ1v) is 13.6. The lowest BCUT2D eigenvalue weighted by Crippen LogP contribution is -2.57. The van der Waals surface area contributed by atoms with Crippen LogP contribution >= 0.6 is 0 Å². The molecule has 0 amide bonds. The zero-order valence-corrected chi connectivity index (χ0v) is 21.3.